The smallest absolute Gasteiger partial charge is 0.433 e. The number of anilines is 1. The van der Waals surface area contributed by atoms with E-state index in [1.54, 1.807) is 6.92 Å². The summed E-state index contributed by atoms with van der Waals surface area (Å²) in [5.74, 6) is -0.708. The van der Waals surface area contributed by atoms with E-state index < -0.39 is 23.4 Å². The van der Waals surface area contributed by atoms with Crippen molar-refractivity contribution in [2.45, 2.75) is 18.7 Å². The van der Waals surface area contributed by atoms with Gasteiger partial charge in [-0.1, -0.05) is 0 Å². The van der Waals surface area contributed by atoms with Crippen molar-refractivity contribution in [1.29, 1.82) is 0 Å². The van der Waals surface area contributed by atoms with Crippen LogP contribution in [0.1, 0.15) is 23.1 Å². The molecule has 0 bridgehead atoms. The van der Waals surface area contributed by atoms with Crippen LogP contribution in [0.5, 0.6) is 5.88 Å². The predicted octanol–water partition coefficient (Wildman–Crippen LogP) is 2.96. The highest BCUT2D eigenvalue weighted by molar-refractivity contribution is 6.28. The molecule has 0 radical (unpaired) electrons. The number of alkyl halides is 3. The largest absolute Gasteiger partial charge is 0.466 e. The molecular weight excluding hydrogens is 377 g/mol. The summed E-state index contributed by atoms with van der Waals surface area (Å²) in [7, 11) is 0. The van der Waals surface area contributed by atoms with Crippen molar-refractivity contribution in [2.75, 3.05) is 18.5 Å². The minimum atomic E-state index is -4.62. The maximum atomic E-state index is 12.7. The van der Waals surface area contributed by atoms with E-state index in [9.17, 15) is 18.0 Å². The van der Waals surface area contributed by atoms with Crippen LogP contribution in [0, 0.1) is 0 Å². The molecule has 26 heavy (non-hydrogen) atoms. The highest BCUT2D eigenvalue weighted by atomic mass is 35.5. The molecule has 1 aliphatic rings. The van der Waals surface area contributed by atoms with E-state index >= 15 is 0 Å². The number of carbonyl (C=O) groups excluding carboxylic acids is 1. The van der Waals surface area contributed by atoms with Crippen LogP contribution in [0.15, 0.2) is 24.4 Å². The van der Waals surface area contributed by atoms with Crippen molar-refractivity contribution in [3.63, 3.8) is 0 Å². The summed E-state index contributed by atoms with van der Waals surface area (Å²) in [6.07, 6.45) is -3.68. The van der Waals surface area contributed by atoms with Crippen LogP contribution in [-0.4, -0.2) is 39.7 Å². The van der Waals surface area contributed by atoms with Gasteiger partial charge in [0, 0.05) is 18.0 Å². The molecule has 0 atom stereocenters. The molecule has 0 aromatic carbocycles. The molecule has 7 nitrogen and oxygen atoms in total. The number of hydrogen-bond donors (Lipinski definition) is 1. The zero-order valence-electron chi connectivity index (χ0n) is 13.3. The number of pyridine rings is 1. The van der Waals surface area contributed by atoms with Crippen molar-refractivity contribution in [3.8, 4) is 5.88 Å². The van der Waals surface area contributed by atoms with Gasteiger partial charge >= 0.3 is 6.18 Å². The first-order valence-electron chi connectivity index (χ1n) is 7.31. The Morgan fingerprint density at radius 1 is 1.35 bits per heavy atom. The first kappa shape index (κ1) is 18.3. The fraction of sp³-hybridized carbons (Fsp3) is 0.333. The molecule has 11 heteroatoms. The normalized spacial score (nSPS) is 15.9. The second-order valence-electron chi connectivity index (χ2n) is 5.79. The lowest BCUT2D eigenvalue weighted by molar-refractivity contribution is -0.151. The Morgan fingerprint density at radius 3 is 2.69 bits per heavy atom. The molecule has 0 unspecified atom stereocenters. The van der Waals surface area contributed by atoms with Crippen LogP contribution in [0.3, 0.4) is 0 Å². The van der Waals surface area contributed by atoms with E-state index in [0.29, 0.717) is 19.3 Å². The molecule has 0 saturated carbocycles. The topological polar surface area (TPSA) is 86.2 Å². The van der Waals surface area contributed by atoms with Gasteiger partial charge in [-0.05, 0) is 30.7 Å². The third-order valence-corrected chi connectivity index (χ3v) is 3.55. The van der Waals surface area contributed by atoms with Crippen molar-refractivity contribution < 1.29 is 27.4 Å². The minimum Gasteiger partial charge on any atom is -0.466 e. The van der Waals surface area contributed by atoms with E-state index in [1.807, 2.05) is 0 Å². The van der Waals surface area contributed by atoms with Gasteiger partial charge in [0.2, 0.25) is 11.2 Å². The lowest BCUT2D eigenvalue weighted by atomic mass is 10.1. The molecule has 3 heterocycles. The van der Waals surface area contributed by atoms with Gasteiger partial charge in [0.1, 0.15) is 11.4 Å². The van der Waals surface area contributed by atoms with Gasteiger partial charge in [0.25, 0.3) is 5.91 Å². The quantitative estimate of drug-likeness (QED) is 0.810. The van der Waals surface area contributed by atoms with Gasteiger partial charge in [-0.2, -0.15) is 18.2 Å². The summed E-state index contributed by atoms with van der Waals surface area (Å²) in [4.78, 5) is 23.1. The SMILES string of the molecule is CC1(Oc2cc(C(=O)Nc3ccnc(C(F)(F)F)c3)nc(Cl)n2)COC1. The molecule has 0 aliphatic carbocycles. The Labute approximate surface area is 150 Å². The average molecular weight is 389 g/mol. The number of nitrogens with one attached hydrogen (secondary N) is 1. The van der Waals surface area contributed by atoms with Crippen molar-refractivity contribution in [2.24, 2.45) is 0 Å². The third kappa shape index (κ3) is 4.20. The Balaban J connectivity index is 1.78. The number of carbonyl (C=O) groups is 1. The van der Waals surface area contributed by atoms with Crippen LogP contribution in [0.25, 0.3) is 0 Å². The summed E-state index contributed by atoms with van der Waals surface area (Å²) in [6.45, 7) is 2.50. The molecule has 3 rings (SSSR count). The molecule has 1 aliphatic heterocycles. The molecular formula is C15H12ClF3N4O3. The first-order valence-corrected chi connectivity index (χ1v) is 7.68. The fourth-order valence-electron chi connectivity index (χ4n) is 2.12. The number of aromatic nitrogens is 3. The van der Waals surface area contributed by atoms with Gasteiger partial charge in [0.05, 0.1) is 13.2 Å². The summed E-state index contributed by atoms with van der Waals surface area (Å²) in [5, 5.41) is 2.07. The van der Waals surface area contributed by atoms with Crippen LogP contribution >= 0.6 is 11.6 Å². The Hall–Kier alpha value is -2.46. The first-order chi connectivity index (χ1) is 12.1. The standard InChI is InChI=1S/C15H12ClF3N4O3/c1-14(6-25-7-14)26-11-5-9(22-13(16)23-11)12(24)21-8-2-3-20-10(4-8)15(17,18)19/h2-5H,6-7H2,1H3,(H,20,21,24). The minimum absolute atomic E-state index is 0.0617. The molecule has 1 N–H and O–H groups in total. The van der Waals surface area contributed by atoms with Crippen molar-refractivity contribution >= 4 is 23.2 Å². The van der Waals surface area contributed by atoms with E-state index in [4.69, 9.17) is 21.1 Å². The van der Waals surface area contributed by atoms with Gasteiger partial charge in [-0.25, -0.2) is 4.98 Å². The zero-order valence-corrected chi connectivity index (χ0v) is 14.1. The van der Waals surface area contributed by atoms with Crippen LogP contribution in [-0.2, 0) is 10.9 Å². The summed E-state index contributed by atoms with van der Waals surface area (Å²) < 4.78 is 48.8. The molecule has 1 fully saturated rings. The highest BCUT2D eigenvalue weighted by Crippen LogP contribution is 2.29. The number of halogens is 4. The van der Waals surface area contributed by atoms with E-state index in [0.717, 1.165) is 6.20 Å². The van der Waals surface area contributed by atoms with E-state index in [2.05, 4.69) is 20.3 Å². The average Bonchev–Trinajstić information content (AvgIpc) is 2.52. The van der Waals surface area contributed by atoms with Crippen molar-refractivity contribution in [1.82, 2.24) is 15.0 Å². The maximum Gasteiger partial charge on any atom is 0.433 e. The lowest BCUT2D eigenvalue weighted by Gasteiger charge is -2.37. The Bertz CT molecular complexity index is 843. The van der Waals surface area contributed by atoms with E-state index in [-0.39, 0.29) is 22.5 Å². The molecule has 1 amide bonds. The number of ether oxygens (including phenoxy) is 2. The predicted molar refractivity (Wildman–Crippen MR) is 84.1 cm³/mol. The second-order valence-corrected chi connectivity index (χ2v) is 6.12. The van der Waals surface area contributed by atoms with Gasteiger partial charge in [0.15, 0.2) is 5.60 Å². The van der Waals surface area contributed by atoms with Crippen LogP contribution < -0.4 is 10.1 Å². The summed E-state index contributed by atoms with van der Waals surface area (Å²) >= 11 is 5.80. The monoisotopic (exact) mass is 388 g/mol. The van der Waals surface area contributed by atoms with Gasteiger partial charge in [-0.3, -0.25) is 9.78 Å². The summed E-state index contributed by atoms with van der Waals surface area (Å²) in [5.41, 5.74) is -1.96. The Kier molecular flexibility index (Phi) is 4.72. The second kappa shape index (κ2) is 6.69. The third-order valence-electron chi connectivity index (χ3n) is 3.38. The molecule has 2 aromatic heterocycles. The number of amides is 1. The fourth-order valence-corrected chi connectivity index (χ4v) is 2.30. The van der Waals surface area contributed by atoms with Gasteiger partial charge in [-0.15, -0.1) is 0 Å². The van der Waals surface area contributed by atoms with Gasteiger partial charge < -0.3 is 14.8 Å². The summed E-state index contributed by atoms with van der Waals surface area (Å²) in [6, 6.07) is 3.18. The Morgan fingerprint density at radius 2 is 2.08 bits per heavy atom. The number of hydrogen-bond acceptors (Lipinski definition) is 6. The lowest BCUT2D eigenvalue weighted by Crippen LogP contribution is -2.51. The highest BCUT2D eigenvalue weighted by Gasteiger charge is 2.36. The molecule has 0 spiro atoms. The zero-order chi connectivity index (χ0) is 18.9. The molecule has 1 saturated heterocycles. The van der Waals surface area contributed by atoms with Crippen molar-refractivity contribution in [3.05, 3.63) is 41.1 Å². The molecule has 138 valence electrons. The van der Waals surface area contributed by atoms with E-state index in [1.165, 1.54) is 12.1 Å². The maximum absolute atomic E-state index is 12.7. The molecule has 2 aromatic rings. The number of nitrogens with zero attached hydrogens (tertiary/aromatic N) is 3. The number of rotatable bonds is 4. The van der Waals surface area contributed by atoms with Crippen LogP contribution in [0.4, 0.5) is 18.9 Å². The van der Waals surface area contributed by atoms with Crippen LogP contribution in [0.2, 0.25) is 5.28 Å².